The summed E-state index contributed by atoms with van der Waals surface area (Å²) in [7, 11) is 0. The highest BCUT2D eigenvalue weighted by Gasteiger charge is 2.30. The molecule has 0 bridgehead atoms. The number of benzene rings is 1. The van der Waals surface area contributed by atoms with Gasteiger partial charge in [0.25, 0.3) is 0 Å². The normalized spacial score (nSPS) is 16.4. The quantitative estimate of drug-likeness (QED) is 0.831. The van der Waals surface area contributed by atoms with Crippen LogP contribution in [0.3, 0.4) is 0 Å². The fourth-order valence-electron chi connectivity index (χ4n) is 3.66. The van der Waals surface area contributed by atoms with Gasteiger partial charge in [-0.05, 0) is 69.5 Å². The zero-order chi connectivity index (χ0) is 18.4. The maximum Gasteiger partial charge on any atom is 0.227 e. The lowest BCUT2D eigenvalue weighted by Crippen LogP contribution is -2.51. The number of amides is 1. The molecule has 0 aliphatic carbocycles. The first kappa shape index (κ1) is 18.6. The van der Waals surface area contributed by atoms with Crippen molar-refractivity contribution in [2.75, 3.05) is 19.6 Å². The third-order valence-electron chi connectivity index (χ3n) is 5.36. The van der Waals surface area contributed by atoms with Gasteiger partial charge in [0.1, 0.15) is 0 Å². The van der Waals surface area contributed by atoms with Gasteiger partial charge in [-0.1, -0.05) is 30.3 Å². The highest BCUT2D eigenvalue weighted by atomic mass is 16.1. The van der Waals surface area contributed by atoms with Crippen molar-refractivity contribution in [2.45, 2.75) is 44.6 Å². The molecule has 1 amide bonds. The smallest absolute Gasteiger partial charge is 0.227 e. The van der Waals surface area contributed by atoms with Crippen molar-refractivity contribution in [3.8, 4) is 0 Å². The lowest BCUT2D eigenvalue weighted by molar-refractivity contribution is -0.123. The number of nitrogens with one attached hydrogen (secondary N) is 1. The number of likely N-dealkylation sites (tertiary alicyclic amines) is 1. The van der Waals surface area contributed by atoms with E-state index in [9.17, 15) is 4.79 Å². The van der Waals surface area contributed by atoms with Crippen molar-refractivity contribution >= 4 is 5.91 Å². The van der Waals surface area contributed by atoms with Gasteiger partial charge < -0.3 is 5.32 Å². The Bertz CT molecular complexity index is 694. The van der Waals surface area contributed by atoms with Crippen LogP contribution in [0.15, 0.2) is 54.9 Å². The Labute approximate surface area is 156 Å². The molecular weight excluding hydrogens is 322 g/mol. The van der Waals surface area contributed by atoms with Crippen LogP contribution >= 0.6 is 0 Å². The highest BCUT2D eigenvalue weighted by Crippen LogP contribution is 2.23. The van der Waals surface area contributed by atoms with E-state index >= 15 is 0 Å². The molecule has 1 fully saturated rings. The number of nitrogens with zero attached hydrogens (tertiary/aromatic N) is 2. The summed E-state index contributed by atoms with van der Waals surface area (Å²) < 4.78 is 0. The molecule has 1 aromatic carbocycles. The summed E-state index contributed by atoms with van der Waals surface area (Å²) >= 11 is 0. The first-order valence-corrected chi connectivity index (χ1v) is 9.53. The average molecular weight is 351 g/mol. The lowest BCUT2D eigenvalue weighted by atomic mass is 9.91. The maximum absolute atomic E-state index is 13.1. The molecule has 1 aromatic heterocycles. The molecule has 2 heterocycles. The molecule has 0 spiro atoms. The summed E-state index contributed by atoms with van der Waals surface area (Å²) in [5, 5.41) is 3.22. The van der Waals surface area contributed by atoms with Crippen LogP contribution in [-0.2, 0) is 11.2 Å². The van der Waals surface area contributed by atoms with Crippen LogP contribution in [0.4, 0.5) is 0 Å². The van der Waals surface area contributed by atoms with Crippen molar-refractivity contribution in [3.05, 3.63) is 66.0 Å². The molecule has 138 valence electrons. The van der Waals surface area contributed by atoms with E-state index in [1.807, 2.05) is 42.5 Å². The number of hydrogen-bond donors (Lipinski definition) is 1. The van der Waals surface area contributed by atoms with E-state index in [1.165, 1.54) is 12.8 Å². The van der Waals surface area contributed by atoms with Gasteiger partial charge in [-0.15, -0.1) is 0 Å². The van der Waals surface area contributed by atoms with Crippen molar-refractivity contribution in [3.63, 3.8) is 0 Å². The third-order valence-corrected chi connectivity index (χ3v) is 5.36. The Morgan fingerprint density at radius 1 is 1.12 bits per heavy atom. The minimum Gasteiger partial charge on any atom is -0.354 e. The van der Waals surface area contributed by atoms with E-state index < -0.39 is 0 Å². The molecule has 1 atom stereocenters. The van der Waals surface area contributed by atoms with Gasteiger partial charge in [0, 0.05) is 24.5 Å². The molecule has 3 rings (SSSR count). The summed E-state index contributed by atoms with van der Waals surface area (Å²) in [5.74, 6) is -0.0896. The Balaban J connectivity index is 1.70. The Hall–Kier alpha value is -2.20. The average Bonchev–Trinajstić information content (AvgIpc) is 3.22. The van der Waals surface area contributed by atoms with Gasteiger partial charge in [-0.3, -0.25) is 14.7 Å². The number of pyridine rings is 1. The molecule has 0 saturated carbocycles. The van der Waals surface area contributed by atoms with Crippen LogP contribution < -0.4 is 5.32 Å². The Morgan fingerprint density at radius 2 is 1.77 bits per heavy atom. The van der Waals surface area contributed by atoms with E-state index in [2.05, 4.69) is 29.0 Å². The van der Waals surface area contributed by atoms with E-state index in [4.69, 9.17) is 0 Å². The zero-order valence-electron chi connectivity index (χ0n) is 15.8. The summed E-state index contributed by atoms with van der Waals surface area (Å²) in [6.45, 7) is 7.37. The number of carbonyl (C=O) groups excluding carboxylic acids is 1. The van der Waals surface area contributed by atoms with E-state index in [1.54, 1.807) is 12.4 Å². The summed E-state index contributed by atoms with van der Waals surface area (Å²) in [5.41, 5.74) is 2.17. The maximum atomic E-state index is 13.1. The van der Waals surface area contributed by atoms with Gasteiger partial charge in [0.05, 0.1) is 5.92 Å². The lowest BCUT2D eigenvalue weighted by Gasteiger charge is -2.36. The van der Waals surface area contributed by atoms with Gasteiger partial charge in [0.2, 0.25) is 5.91 Å². The fraction of sp³-hybridized carbons (Fsp3) is 0.455. The molecule has 1 unspecified atom stereocenters. The van der Waals surface area contributed by atoms with Gasteiger partial charge >= 0.3 is 0 Å². The van der Waals surface area contributed by atoms with Crippen molar-refractivity contribution in [2.24, 2.45) is 0 Å². The second-order valence-corrected chi connectivity index (χ2v) is 7.75. The number of hydrogen-bond acceptors (Lipinski definition) is 3. The van der Waals surface area contributed by atoms with Crippen molar-refractivity contribution in [1.82, 2.24) is 15.2 Å². The van der Waals surface area contributed by atoms with Crippen molar-refractivity contribution in [1.29, 1.82) is 0 Å². The molecule has 1 aliphatic heterocycles. The summed E-state index contributed by atoms with van der Waals surface area (Å²) in [6.07, 6.45) is 6.76. The minimum atomic E-state index is -0.187. The SMILES string of the molecule is CC(C)(CNC(=O)C(Cc1ccncc1)c1ccccc1)N1CCCC1. The standard InChI is InChI=1S/C22H29N3O/c1-22(2,25-14-6-7-15-25)17-24-21(26)20(19-8-4-3-5-9-19)16-18-10-12-23-13-11-18/h3-5,8-13,20H,6-7,14-17H2,1-2H3,(H,24,26). The molecule has 1 N–H and O–H groups in total. The topological polar surface area (TPSA) is 45.2 Å². The third kappa shape index (κ3) is 4.70. The first-order chi connectivity index (χ1) is 12.6. The van der Waals surface area contributed by atoms with Crippen LogP contribution in [0, 0.1) is 0 Å². The van der Waals surface area contributed by atoms with Crippen LogP contribution in [0.2, 0.25) is 0 Å². The first-order valence-electron chi connectivity index (χ1n) is 9.53. The van der Waals surface area contributed by atoms with E-state index in [-0.39, 0.29) is 17.4 Å². The van der Waals surface area contributed by atoms with Crippen LogP contribution in [0.25, 0.3) is 0 Å². The number of rotatable bonds is 7. The van der Waals surface area contributed by atoms with Gasteiger partial charge in [-0.25, -0.2) is 0 Å². The van der Waals surface area contributed by atoms with Crippen LogP contribution in [0.1, 0.15) is 43.7 Å². The largest absolute Gasteiger partial charge is 0.354 e. The predicted molar refractivity (Wildman–Crippen MR) is 105 cm³/mol. The second kappa shape index (κ2) is 8.45. The summed E-state index contributed by atoms with van der Waals surface area (Å²) in [6, 6.07) is 14.0. The molecule has 1 saturated heterocycles. The highest BCUT2D eigenvalue weighted by molar-refractivity contribution is 5.84. The molecule has 4 nitrogen and oxygen atoms in total. The predicted octanol–water partition coefficient (Wildman–Crippen LogP) is 3.40. The number of carbonyl (C=O) groups is 1. The van der Waals surface area contributed by atoms with Crippen molar-refractivity contribution < 1.29 is 4.79 Å². The zero-order valence-corrected chi connectivity index (χ0v) is 15.8. The van der Waals surface area contributed by atoms with Crippen LogP contribution in [-0.4, -0.2) is 41.0 Å². The Morgan fingerprint density at radius 3 is 2.42 bits per heavy atom. The van der Waals surface area contributed by atoms with E-state index in [0.29, 0.717) is 13.0 Å². The van der Waals surface area contributed by atoms with E-state index in [0.717, 1.165) is 24.2 Å². The van der Waals surface area contributed by atoms with Gasteiger partial charge in [0.15, 0.2) is 0 Å². The molecule has 2 aromatic rings. The second-order valence-electron chi connectivity index (χ2n) is 7.75. The molecular formula is C22H29N3O. The minimum absolute atomic E-state index is 0.00986. The molecule has 26 heavy (non-hydrogen) atoms. The molecule has 1 aliphatic rings. The fourth-order valence-corrected chi connectivity index (χ4v) is 3.66. The Kier molecular flexibility index (Phi) is 6.04. The summed E-state index contributed by atoms with van der Waals surface area (Å²) in [4.78, 5) is 19.6. The van der Waals surface area contributed by atoms with Gasteiger partial charge in [-0.2, -0.15) is 0 Å². The monoisotopic (exact) mass is 351 g/mol. The number of aromatic nitrogens is 1. The van der Waals surface area contributed by atoms with Crippen LogP contribution in [0.5, 0.6) is 0 Å². The molecule has 0 radical (unpaired) electrons. The molecule has 4 heteroatoms.